The summed E-state index contributed by atoms with van der Waals surface area (Å²) in [5, 5.41) is 0. The molecule has 5 nitrogen and oxygen atoms in total. The van der Waals surface area contributed by atoms with Crippen LogP contribution in [0.15, 0.2) is 24.3 Å². The number of benzene rings is 1. The van der Waals surface area contributed by atoms with Crippen molar-refractivity contribution < 1.29 is 23.7 Å². The Morgan fingerprint density at radius 2 is 1.95 bits per heavy atom. The Kier molecular flexibility index (Phi) is 3.26. The van der Waals surface area contributed by atoms with Gasteiger partial charge in [-0.05, 0) is 19.1 Å². The quantitative estimate of drug-likeness (QED) is 0.606. The first kappa shape index (κ1) is 12.6. The van der Waals surface area contributed by atoms with Crippen LogP contribution in [-0.4, -0.2) is 44.3 Å². The van der Waals surface area contributed by atoms with E-state index in [0.717, 1.165) is 5.56 Å². The largest absolute Gasteiger partial charge is 0.459 e. The maximum absolute atomic E-state index is 11.8. The number of esters is 1. The van der Waals surface area contributed by atoms with Gasteiger partial charge >= 0.3 is 5.97 Å². The molecule has 0 spiro atoms. The van der Waals surface area contributed by atoms with Gasteiger partial charge in [-0.2, -0.15) is 0 Å². The lowest BCUT2D eigenvalue weighted by Crippen LogP contribution is -2.26. The molecule has 102 valence electrons. The molecule has 2 aliphatic rings. The number of fused-ring (bicyclic) bond motifs is 1. The van der Waals surface area contributed by atoms with Gasteiger partial charge in [0, 0.05) is 7.11 Å². The third kappa shape index (κ3) is 2.49. The summed E-state index contributed by atoms with van der Waals surface area (Å²) < 4.78 is 21.3. The average Bonchev–Trinajstić information content (AvgIpc) is 3.14. The van der Waals surface area contributed by atoms with Gasteiger partial charge in [-0.1, -0.05) is 17.7 Å². The van der Waals surface area contributed by atoms with E-state index in [1.54, 1.807) is 19.2 Å². The summed E-state index contributed by atoms with van der Waals surface area (Å²) in [6, 6.07) is 7.26. The Morgan fingerprint density at radius 3 is 2.58 bits per heavy atom. The minimum absolute atomic E-state index is 0.00392. The van der Waals surface area contributed by atoms with E-state index in [-0.39, 0.29) is 37.2 Å². The fourth-order valence-corrected chi connectivity index (χ4v) is 2.24. The van der Waals surface area contributed by atoms with Crippen LogP contribution in [0.5, 0.6) is 0 Å². The number of rotatable bonds is 4. The molecule has 4 atom stereocenters. The Hall–Kier alpha value is -1.43. The van der Waals surface area contributed by atoms with E-state index in [2.05, 4.69) is 0 Å². The number of methoxy groups -OCH3 is 1. The highest BCUT2D eigenvalue weighted by Crippen LogP contribution is 2.39. The highest BCUT2D eigenvalue weighted by molar-refractivity contribution is 5.89. The second kappa shape index (κ2) is 4.92. The minimum Gasteiger partial charge on any atom is -0.459 e. The number of carbonyl (C=O) groups excluding carboxylic acids is 1. The van der Waals surface area contributed by atoms with Crippen molar-refractivity contribution in [2.75, 3.05) is 13.7 Å². The van der Waals surface area contributed by atoms with Crippen molar-refractivity contribution in [3.8, 4) is 0 Å². The summed E-state index contributed by atoms with van der Waals surface area (Å²) >= 11 is 0. The molecule has 2 saturated heterocycles. The van der Waals surface area contributed by atoms with E-state index < -0.39 is 0 Å². The summed E-state index contributed by atoms with van der Waals surface area (Å²) in [6.45, 7) is 2.16. The van der Waals surface area contributed by atoms with E-state index in [9.17, 15) is 4.79 Å². The molecule has 0 aromatic heterocycles. The Balaban J connectivity index is 1.53. The number of hydrogen-bond donors (Lipinski definition) is 0. The standard InChI is InChI=1S/C14H16O5/c1-8-3-5-9(6-4-8)13(15)17-7-10-11-12(19-11)14(16-2)18-10/h3-6,10-12,14H,7H2,1-2H3/t10-,11+,12+,14+/m0/s1. The molecule has 2 heterocycles. The van der Waals surface area contributed by atoms with E-state index in [0.29, 0.717) is 5.56 Å². The minimum atomic E-state index is -0.346. The third-order valence-electron chi connectivity index (χ3n) is 3.40. The number of aryl methyl sites for hydroxylation is 1. The van der Waals surface area contributed by atoms with Gasteiger partial charge in [0.15, 0.2) is 6.29 Å². The third-order valence-corrected chi connectivity index (χ3v) is 3.40. The van der Waals surface area contributed by atoms with Crippen molar-refractivity contribution in [3.63, 3.8) is 0 Å². The van der Waals surface area contributed by atoms with Crippen molar-refractivity contribution in [2.45, 2.75) is 31.5 Å². The number of epoxide rings is 1. The molecule has 0 aliphatic carbocycles. The predicted molar refractivity (Wildman–Crippen MR) is 65.8 cm³/mol. The first-order valence-corrected chi connectivity index (χ1v) is 6.26. The molecule has 3 rings (SSSR count). The number of ether oxygens (including phenoxy) is 4. The van der Waals surface area contributed by atoms with Gasteiger partial charge in [-0.25, -0.2) is 4.79 Å². The summed E-state index contributed by atoms with van der Waals surface area (Å²) in [5.74, 6) is -0.346. The molecular weight excluding hydrogens is 248 g/mol. The second-order valence-corrected chi connectivity index (χ2v) is 4.81. The molecule has 0 N–H and O–H groups in total. The normalized spacial score (nSPS) is 31.9. The topological polar surface area (TPSA) is 57.3 Å². The van der Waals surface area contributed by atoms with Gasteiger partial charge in [0.05, 0.1) is 5.56 Å². The SMILES string of the molecule is CO[C@@H]1O[C@@H](COC(=O)c2ccc(C)cc2)[C@H]2O[C@@H]12. The lowest BCUT2D eigenvalue weighted by atomic mass is 10.1. The van der Waals surface area contributed by atoms with Crippen LogP contribution in [0.1, 0.15) is 15.9 Å². The molecule has 0 saturated carbocycles. The molecule has 2 aliphatic heterocycles. The first-order valence-electron chi connectivity index (χ1n) is 6.26. The van der Waals surface area contributed by atoms with Crippen LogP contribution in [-0.2, 0) is 18.9 Å². The van der Waals surface area contributed by atoms with Crippen molar-refractivity contribution >= 4 is 5.97 Å². The van der Waals surface area contributed by atoms with Gasteiger partial charge < -0.3 is 18.9 Å². The Labute approximate surface area is 111 Å². The summed E-state index contributed by atoms with van der Waals surface area (Å²) in [6.07, 6.45) is -0.582. The van der Waals surface area contributed by atoms with Crippen molar-refractivity contribution in [1.82, 2.24) is 0 Å². The summed E-state index contributed by atoms with van der Waals surface area (Å²) in [4.78, 5) is 11.8. The smallest absolute Gasteiger partial charge is 0.338 e. The van der Waals surface area contributed by atoms with Gasteiger partial charge in [0.1, 0.15) is 24.9 Å². The zero-order chi connectivity index (χ0) is 13.4. The Bertz CT molecular complexity index is 469. The van der Waals surface area contributed by atoms with Crippen LogP contribution >= 0.6 is 0 Å². The maximum atomic E-state index is 11.8. The number of carbonyl (C=O) groups is 1. The van der Waals surface area contributed by atoms with Gasteiger partial charge in [0.25, 0.3) is 0 Å². The van der Waals surface area contributed by atoms with Crippen LogP contribution in [0.2, 0.25) is 0 Å². The van der Waals surface area contributed by atoms with Crippen molar-refractivity contribution in [3.05, 3.63) is 35.4 Å². The molecule has 0 radical (unpaired) electrons. The van der Waals surface area contributed by atoms with Crippen LogP contribution in [0, 0.1) is 6.92 Å². The van der Waals surface area contributed by atoms with Crippen molar-refractivity contribution in [2.24, 2.45) is 0 Å². The molecular formula is C14H16O5. The zero-order valence-electron chi connectivity index (χ0n) is 10.9. The number of hydrogen-bond acceptors (Lipinski definition) is 5. The molecule has 5 heteroatoms. The van der Waals surface area contributed by atoms with Crippen LogP contribution in [0.25, 0.3) is 0 Å². The molecule has 19 heavy (non-hydrogen) atoms. The van der Waals surface area contributed by atoms with Crippen LogP contribution in [0.4, 0.5) is 0 Å². The van der Waals surface area contributed by atoms with Crippen LogP contribution in [0.3, 0.4) is 0 Å². The molecule has 1 aromatic carbocycles. The maximum Gasteiger partial charge on any atom is 0.338 e. The molecule has 0 amide bonds. The first-order chi connectivity index (χ1) is 9.19. The average molecular weight is 264 g/mol. The fourth-order valence-electron chi connectivity index (χ4n) is 2.24. The van der Waals surface area contributed by atoms with Gasteiger partial charge in [-0.3, -0.25) is 0 Å². The highest BCUT2D eigenvalue weighted by atomic mass is 16.8. The Morgan fingerprint density at radius 1 is 1.21 bits per heavy atom. The van der Waals surface area contributed by atoms with E-state index >= 15 is 0 Å². The lowest BCUT2D eigenvalue weighted by Gasteiger charge is -2.16. The lowest BCUT2D eigenvalue weighted by molar-refractivity contribution is -0.166. The monoisotopic (exact) mass is 264 g/mol. The predicted octanol–water partition coefficient (Wildman–Crippen LogP) is 1.29. The zero-order valence-corrected chi connectivity index (χ0v) is 10.9. The van der Waals surface area contributed by atoms with E-state index in [4.69, 9.17) is 18.9 Å². The summed E-state index contributed by atoms with van der Waals surface area (Å²) in [5.41, 5.74) is 1.65. The summed E-state index contributed by atoms with van der Waals surface area (Å²) in [7, 11) is 1.57. The van der Waals surface area contributed by atoms with Gasteiger partial charge in [-0.15, -0.1) is 0 Å². The molecule has 1 aromatic rings. The molecule has 0 unspecified atom stereocenters. The van der Waals surface area contributed by atoms with Gasteiger partial charge in [0.2, 0.25) is 0 Å². The van der Waals surface area contributed by atoms with E-state index in [1.807, 2.05) is 19.1 Å². The fraction of sp³-hybridized carbons (Fsp3) is 0.500. The molecule has 0 bridgehead atoms. The van der Waals surface area contributed by atoms with E-state index in [1.165, 1.54) is 0 Å². The molecule has 2 fully saturated rings. The van der Waals surface area contributed by atoms with Crippen LogP contribution < -0.4 is 0 Å². The second-order valence-electron chi connectivity index (χ2n) is 4.81. The highest BCUT2D eigenvalue weighted by Gasteiger charge is 2.58. The van der Waals surface area contributed by atoms with Crippen molar-refractivity contribution in [1.29, 1.82) is 0 Å².